The van der Waals surface area contributed by atoms with Crippen molar-refractivity contribution < 1.29 is 14.7 Å². The zero-order valence-electron chi connectivity index (χ0n) is 12.8. The van der Waals surface area contributed by atoms with Crippen molar-refractivity contribution in [2.24, 2.45) is 0 Å². The van der Waals surface area contributed by atoms with Crippen LogP contribution in [0, 0.1) is 13.8 Å². The molecule has 6 heteroatoms. The van der Waals surface area contributed by atoms with Crippen LogP contribution in [0.3, 0.4) is 0 Å². The highest BCUT2D eigenvalue weighted by Crippen LogP contribution is 2.35. The third-order valence-corrected chi connectivity index (χ3v) is 4.15. The van der Waals surface area contributed by atoms with Gasteiger partial charge in [-0.2, -0.15) is 5.10 Å². The second-order valence-corrected chi connectivity index (χ2v) is 6.18. The first-order valence-electron chi connectivity index (χ1n) is 7.37. The number of hydrogen-bond donors (Lipinski definition) is 2. The summed E-state index contributed by atoms with van der Waals surface area (Å²) in [4.78, 5) is 23.1. The van der Waals surface area contributed by atoms with Crippen molar-refractivity contribution in [3.8, 4) is 0 Å². The zero-order chi connectivity index (χ0) is 15.6. The average molecular weight is 293 g/mol. The lowest BCUT2D eigenvalue weighted by Crippen LogP contribution is -2.54. The van der Waals surface area contributed by atoms with Crippen molar-refractivity contribution in [1.82, 2.24) is 15.1 Å². The third kappa shape index (κ3) is 3.62. The van der Waals surface area contributed by atoms with Gasteiger partial charge in [0.15, 0.2) is 0 Å². The number of carbonyl (C=O) groups is 2. The Balaban J connectivity index is 1.95. The lowest BCUT2D eigenvalue weighted by molar-refractivity contribution is -0.140. The monoisotopic (exact) mass is 293 g/mol. The van der Waals surface area contributed by atoms with Crippen LogP contribution in [-0.4, -0.2) is 32.3 Å². The van der Waals surface area contributed by atoms with Crippen molar-refractivity contribution >= 4 is 11.9 Å². The molecule has 0 radical (unpaired) electrons. The molecule has 2 N–H and O–H groups in total. The number of nitrogens with one attached hydrogen (secondary N) is 1. The van der Waals surface area contributed by atoms with Crippen LogP contribution in [0.1, 0.15) is 56.5 Å². The zero-order valence-corrected chi connectivity index (χ0v) is 12.8. The van der Waals surface area contributed by atoms with E-state index in [1.165, 1.54) is 0 Å². The number of aromatic nitrogens is 2. The van der Waals surface area contributed by atoms with Crippen LogP contribution < -0.4 is 5.32 Å². The number of hydrogen-bond acceptors (Lipinski definition) is 3. The Morgan fingerprint density at radius 3 is 2.57 bits per heavy atom. The van der Waals surface area contributed by atoms with Gasteiger partial charge >= 0.3 is 5.97 Å². The van der Waals surface area contributed by atoms with Crippen LogP contribution in [-0.2, 0) is 9.59 Å². The molecule has 0 bridgehead atoms. The Labute approximate surface area is 124 Å². The van der Waals surface area contributed by atoms with Gasteiger partial charge in [-0.3, -0.25) is 14.3 Å². The van der Waals surface area contributed by atoms with E-state index in [-0.39, 0.29) is 18.4 Å². The molecule has 1 saturated carbocycles. The summed E-state index contributed by atoms with van der Waals surface area (Å²) in [5.74, 6) is -0.961. The lowest BCUT2D eigenvalue weighted by atomic mass is 9.74. The number of aryl methyl sites for hydroxylation is 2. The second kappa shape index (κ2) is 5.87. The topological polar surface area (TPSA) is 84.2 Å². The molecule has 0 aliphatic heterocycles. The summed E-state index contributed by atoms with van der Waals surface area (Å²) < 4.78 is 1.85. The predicted octanol–water partition coefficient (Wildman–Crippen LogP) is 1.96. The Bertz CT molecular complexity index is 546. The average Bonchev–Trinajstić information content (AvgIpc) is 2.64. The van der Waals surface area contributed by atoms with Gasteiger partial charge in [0, 0.05) is 12.1 Å². The summed E-state index contributed by atoms with van der Waals surface area (Å²) >= 11 is 0. The van der Waals surface area contributed by atoms with Crippen LogP contribution in [0.2, 0.25) is 0 Å². The first-order chi connectivity index (χ1) is 9.81. The van der Waals surface area contributed by atoms with E-state index in [1.54, 1.807) is 0 Å². The smallest absolute Gasteiger partial charge is 0.305 e. The third-order valence-electron chi connectivity index (χ3n) is 4.15. The molecule has 1 fully saturated rings. The Morgan fingerprint density at radius 2 is 2.14 bits per heavy atom. The van der Waals surface area contributed by atoms with Gasteiger partial charge in [0.05, 0.1) is 23.7 Å². The van der Waals surface area contributed by atoms with Crippen molar-refractivity contribution in [3.05, 3.63) is 17.5 Å². The van der Waals surface area contributed by atoms with E-state index >= 15 is 0 Å². The number of carboxylic acid groups (broad SMARTS) is 1. The normalized spacial score (nSPS) is 17.9. The molecule has 1 aliphatic rings. The highest BCUT2D eigenvalue weighted by Gasteiger charge is 2.40. The minimum Gasteiger partial charge on any atom is -0.481 e. The van der Waals surface area contributed by atoms with Crippen molar-refractivity contribution in [3.63, 3.8) is 0 Å². The number of amides is 1. The van der Waals surface area contributed by atoms with Gasteiger partial charge in [0.1, 0.15) is 0 Å². The van der Waals surface area contributed by atoms with Crippen LogP contribution in [0.4, 0.5) is 0 Å². The van der Waals surface area contributed by atoms with Gasteiger partial charge < -0.3 is 10.4 Å². The highest BCUT2D eigenvalue weighted by molar-refractivity contribution is 5.79. The van der Waals surface area contributed by atoms with Crippen LogP contribution in [0.5, 0.6) is 0 Å². The van der Waals surface area contributed by atoms with Gasteiger partial charge in [0.2, 0.25) is 5.91 Å². The van der Waals surface area contributed by atoms with E-state index in [9.17, 15) is 9.59 Å². The van der Waals surface area contributed by atoms with E-state index < -0.39 is 11.5 Å². The van der Waals surface area contributed by atoms with Gasteiger partial charge in [0.25, 0.3) is 0 Å². The lowest BCUT2D eigenvalue weighted by Gasteiger charge is -2.41. The number of carboxylic acids is 1. The minimum atomic E-state index is -0.860. The van der Waals surface area contributed by atoms with Gasteiger partial charge in [-0.05, 0) is 46.1 Å². The fourth-order valence-corrected chi connectivity index (χ4v) is 3.03. The second-order valence-electron chi connectivity index (χ2n) is 6.18. The number of rotatable bonds is 6. The summed E-state index contributed by atoms with van der Waals surface area (Å²) in [5.41, 5.74) is 1.43. The molecular weight excluding hydrogens is 270 g/mol. The van der Waals surface area contributed by atoms with Crippen molar-refractivity contribution in [2.45, 2.75) is 64.5 Å². The van der Waals surface area contributed by atoms with Crippen LogP contribution in [0.25, 0.3) is 0 Å². The molecule has 1 heterocycles. The summed E-state index contributed by atoms with van der Waals surface area (Å²) in [6.07, 6.45) is 2.79. The van der Waals surface area contributed by atoms with E-state index in [0.717, 1.165) is 30.7 Å². The summed E-state index contributed by atoms with van der Waals surface area (Å²) in [6.45, 7) is 5.84. The summed E-state index contributed by atoms with van der Waals surface area (Å²) in [5, 5.41) is 16.3. The largest absolute Gasteiger partial charge is 0.481 e. The molecule has 116 valence electrons. The maximum Gasteiger partial charge on any atom is 0.305 e. The molecule has 2 rings (SSSR count). The Hall–Kier alpha value is -1.85. The van der Waals surface area contributed by atoms with Crippen LogP contribution in [0.15, 0.2) is 6.07 Å². The minimum absolute atomic E-state index is 0.00697. The molecule has 1 aromatic heterocycles. The first kappa shape index (κ1) is 15.5. The molecule has 1 aliphatic carbocycles. The summed E-state index contributed by atoms with van der Waals surface area (Å²) in [7, 11) is 0. The SMILES string of the molecule is Cc1cc(C)n(C(C)CC(=O)NC2(CC(=O)O)CCC2)n1. The molecule has 1 aromatic rings. The maximum atomic E-state index is 12.2. The van der Waals surface area contributed by atoms with Gasteiger partial charge in [-0.25, -0.2) is 0 Å². The quantitative estimate of drug-likeness (QED) is 0.839. The molecule has 0 saturated heterocycles. The molecule has 0 aromatic carbocycles. The van der Waals surface area contributed by atoms with E-state index in [1.807, 2.05) is 31.5 Å². The fraction of sp³-hybridized carbons (Fsp3) is 0.667. The van der Waals surface area contributed by atoms with Crippen molar-refractivity contribution in [1.29, 1.82) is 0 Å². The fourth-order valence-electron chi connectivity index (χ4n) is 3.03. The van der Waals surface area contributed by atoms with E-state index in [2.05, 4.69) is 10.4 Å². The molecule has 21 heavy (non-hydrogen) atoms. The van der Waals surface area contributed by atoms with Crippen molar-refractivity contribution in [2.75, 3.05) is 0 Å². The summed E-state index contributed by atoms with van der Waals surface area (Å²) in [6, 6.07) is 1.94. The Kier molecular flexibility index (Phi) is 4.34. The number of aliphatic carboxylic acids is 1. The number of nitrogens with zero attached hydrogens (tertiary/aromatic N) is 2. The van der Waals surface area contributed by atoms with Crippen LogP contribution >= 0.6 is 0 Å². The highest BCUT2D eigenvalue weighted by atomic mass is 16.4. The maximum absolute atomic E-state index is 12.2. The molecule has 6 nitrogen and oxygen atoms in total. The molecule has 1 unspecified atom stereocenters. The molecule has 1 atom stereocenters. The molecule has 1 amide bonds. The van der Waals surface area contributed by atoms with Gasteiger partial charge in [-0.15, -0.1) is 0 Å². The Morgan fingerprint density at radius 1 is 1.48 bits per heavy atom. The first-order valence-corrected chi connectivity index (χ1v) is 7.37. The number of carbonyl (C=O) groups excluding carboxylic acids is 1. The standard InChI is InChI=1S/C15H23N3O3/c1-10-7-11(2)18(17-10)12(3)8-13(19)16-15(5-4-6-15)9-14(20)21/h7,12H,4-6,8-9H2,1-3H3,(H,16,19)(H,20,21). The van der Waals surface area contributed by atoms with Gasteiger partial charge in [-0.1, -0.05) is 0 Å². The molecular formula is C15H23N3O3. The van der Waals surface area contributed by atoms with E-state index in [4.69, 9.17) is 5.11 Å². The van der Waals surface area contributed by atoms with E-state index in [0.29, 0.717) is 6.42 Å². The molecule has 0 spiro atoms. The predicted molar refractivity (Wildman–Crippen MR) is 78.0 cm³/mol.